The maximum absolute atomic E-state index is 3.52. The number of rotatable bonds is 4. The minimum absolute atomic E-state index is 0.836. The normalized spacial score (nSPS) is 28.5. The van der Waals surface area contributed by atoms with Gasteiger partial charge in [0.05, 0.1) is 0 Å². The summed E-state index contributed by atoms with van der Waals surface area (Å²) < 4.78 is 0. The lowest BCUT2D eigenvalue weighted by molar-refractivity contribution is 0.0744. The van der Waals surface area contributed by atoms with Crippen LogP contribution in [0.3, 0.4) is 0 Å². The Labute approximate surface area is 114 Å². The highest BCUT2D eigenvalue weighted by Crippen LogP contribution is 2.30. The lowest BCUT2D eigenvalue weighted by atomic mass is 9.86. The second-order valence-corrected chi connectivity index (χ2v) is 6.21. The molecule has 1 unspecified atom stereocenters. The minimum Gasteiger partial charge on any atom is -0.317 e. The Morgan fingerprint density at radius 1 is 1.00 bits per heavy atom. The van der Waals surface area contributed by atoms with Crippen LogP contribution in [0.15, 0.2) is 0 Å². The van der Waals surface area contributed by atoms with Gasteiger partial charge >= 0.3 is 0 Å². The maximum atomic E-state index is 3.52. The van der Waals surface area contributed by atoms with Crippen LogP contribution in [0.25, 0.3) is 0 Å². The van der Waals surface area contributed by atoms with Crippen LogP contribution >= 0.6 is 0 Å². The minimum atomic E-state index is 0.836. The molecule has 0 saturated carbocycles. The summed E-state index contributed by atoms with van der Waals surface area (Å²) in [5.41, 5.74) is 0. The van der Waals surface area contributed by atoms with Crippen LogP contribution in [0, 0.1) is 5.92 Å². The van der Waals surface area contributed by atoms with E-state index >= 15 is 0 Å². The molecule has 0 aromatic carbocycles. The molecule has 0 aromatic rings. The van der Waals surface area contributed by atoms with Crippen molar-refractivity contribution in [3.8, 4) is 0 Å². The topological polar surface area (TPSA) is 15.3 Å². The van der Waals surface area contributed by atoms with E-state index in [1.807, 2.05) is 0 Å². The highest BCUT2D eigenvalue weighted by atomic mass is 15.2. The van der Waals surface area contributed by atoms with E-state index in [-0.39, 0.29) is 0 Å². The smallest absolute Gasteiger partial charge is 0.0127 e. The SMILES string of the molecule is CCC(CC)N1CCCCCC1C1CCNCC1. The Morgan fingerprint density at radius 2 is 1.72 bits per heavy atom. The van der Waals surface area contributed by atoms with Crippen molar-refractivity contribution in [3.05, 3.63) is 0 Å². The van der Waals surface area contributed by atoms with Crippen LogP contribution in [0.2, 0.25) is 0 Å². The van der Waals surface area contributed by atoms with Crippen molar-refractivity contribution in [1.29, 1.82) is 0 Å². The Balaban J connectivity index is 2.04. The first-order valence-electron chi connectivity index (χ1n) is 8.33. The number of hydrogen-bond donors (Lipinski definition) is 1. The molecular weight excluding hydrogens is 220 g/mol. The lowest BCUT2D eigenvalue weighted by Gasteiger charge is -2.42. The summed E-state index contributed by atoms with van der Waals surface area (Å²) >= 11 is 0. The fourth-order valence-electron chi connectivity index (χ4n) is 4.10. The molecule has 2 fully saturated rings. The van der Waals surface area contributed by atoms with Gasteiger partial charge in [0.2, 0.25) is 0 Å². The molecule has 2 heterocycles. The van der Waals surface area contributed by atoms with Gasteiger partial charge in [0.25, 0.3) is 0 Å². The molecule has 0 bridgehead atoms. The molecule has 2 saturated heterocycles. The summed E-state index contributed by atoms with van der Waals surface area (Å²) in [5, 5.41) is 3.52. The summed E-state index contributed by atoms with van der Waals surface area (Å²) in [6, 6.07) is 1.72. The Hall–Kier alpha value is -0.0800. The average Bonchev–Trinajstić information content (AvgIpc) is 2.67. The largest absolute Gasteiger partial charge is 0.317 e. The zero-order valence-electron chi connectivity index (χ0n) is 12.5. The fourth-order valence-corrected chi connectivity index (χ4v) is 4.10. The number of nitrogens with one attached hydrogen (secondary N) is 1. The number of hydrogen-bond acceptors (Lipinski definition) is 2. The molecule has 0 aromatic heterocycles. The average molecular weight is 252 g/mol. The first-order valence-corrected chi connectivity index (χ1v) is 8.33. The summed E-state index contributed by atoms with van der Waals surface area (Å²) in [7, 11) is 0. The van der Waals surface area contributed by atoms with Gasteiger partial charge in [-0.2, -0.15) is 0 Å². The van der Waals surface area contributed by atoms with Gasteiger partial charge in [-0.15, -0.1) is 0 Å². The van der Waals surface area contributed by atoms with Gasteiger partial charge < -0.3 is 5.32 Å². The van der Waals surface area contributed by atoms with Crippen molar-refractivity contribution in [2.24, 2.45) is 5.92 Å². The first-order chi connectivity index (χ1) is 8.86. The third-order valence-corrected chi connectivity index (χ3v) is 5.18. The molecule has 0 amide bonds. The molecule has 18 heavy (non-hydrogen) atoms. The second-order valence-electron chi connectivity index (χ2n) is 6.21. The molecule has 2 aliphatic heterocycles. The van der Waals surface area contributed by atoms with Crippen LogP contribution in [0.4, 0.5) is 0 Å². The van der Waals surface area contributed by atoms with Crippen molar-refractivity contribution in [1.82, 2.24) is 10.2 Å². The number of nitrogens with zero attached hydrogens (tertiary/aromatic N) is 1. The highest BCUT2D eigenvalue weighted by Gasteiger charge is 2.32. The molecular formula is C16H32N2. The van der Waals surface area contributed by atoms with E-state index in [0.29, 0.717) is 0 Å². The molecule has 106 valence electrons. The van der Waals surface area contributed by atoms with Crippen LogP contribution < -0.4 is 5.32 Å². The zero-order valence-corrected chi connectivity index (χ0v) is 12.5. The molecule has 0 spiro atoms. The van der Waals surface area contributed by atoms with E-state index < -0.39 is 0 Å². The van der Waals surface area contributed by atoms with Gasteiger partial charge in [0, 0.05) is 12.1 Å². The Kier molecular flexibility index (Phi) is 5.97. The van der Waals surface area contributed by atoms with E-state index in [2.05, 4.69) is 24.1 Å². The summed E-state index contributed by atoms with van der Waals surface area (Å²) in [4.78, 5) is 2.91. The highest BCUT2D eigenvalue weighted by molar-refractivity contribution is 4.87. The van der Waals surface area contributed by atoms with Gasteiger partial charge in [-0.3, -0.25) is 4.90 Å². The monoisotopic (exact) mass is 252 g/mol. The van der Waals surface area contributed by atoms with Crippen molar-refractivity contribution in [2.75, 3.05) is 19.6 Å². The third kappa shape index (κ3) is 3.48. The quantitative estimate of drug-likeness (QED) is 0.825. The van der Waals surface area contributed by atoms with Crippen molar-refractivity contribution in [3.63, 3.8) is 0 Å². The van der Waals surface area contributed by atoms with E-state index in [4.69, 9.17) is 0 Å². The molecule has 2 aliphatic rings. The summed E-state index contributed by atoms with van der Waals surface area (Å²) in [5.74, 6) is 0.963. The van der Waals surface area contributed by atoms with E-state index in [9.17, 15) is 0 Å². The van der Waals surface area contributed by atoms with Crippen molar-refractivity contribution in [2.45, 2.75) is 77.3 Å². The van der Waals surface area contributed by atoms with Crippen LogP contribution in [-0.2, 0) is 0 Å². The van der Waals surface area contributed by atoms with Gasteiger partial charge in [-0.1, -0.05) is 26.7 Å². The standard InChI is InChI=1S/C16H32N2/c1-3-15(4-2)18-13-7-5-6-8-16(18)14-9-11-17-12-10-14/h14-17H,3-13H2,1-2H3. The van der Waals surface area contributed by atoms with E-state index in [1.165, 1.54) is 71.0 Å². The predicted molar refractivity (Wildman–Crippen MR) is 78.9 cm³/mol. The molecule has 2 heteroatoms. The van der Waals surface area contributed by atoms with Crippen LogP contribution in [-0.4, -0.2) is 36.6 Å². The van der Waals surface area contributed by atoms with Crippen molar-refractivity contribution >= 4 is 0 Å². The van der Waals surface area contributed by atoms with Gasteiger partial charge in [-0.05, 0) is 64.1 Å². The molecule has 2 rings (SSSR count). The number of likely N-dealkylation sites (tertiary alicyclic amines) is 1. The van der Waals surface area contributed by atoms with E-state index in [1.54, 1.807) is 0 Å². The molecule has 0 aliphatic carbocycles. The van der Waals surface area contributed by atoms with Crippen molar-refractivity contribution < 1.29 is 0 Å². The lowest BCUT2D eigenvalue weighted by Crippen LogP contribution is -2.48. The summed E-state index contributed by atoms with van der Waals surface area (Å²) in [6.07, 6.45) is 11.3. The first kappa shape index (κ1) is 14.3. The van der Waals surface area contributed by atoms with E-state index in [0.717, 1.165) is 18.0 Å². The Bertz CT molecular complexity index is 219. The van der Waals surface area contributed by atoms with Crippen LogP contribution in [0.1, 0.15) is 65.2 Å². The molecule has 1 atom stereocenters. The Morgan fingerprint density at radius 3 is 2.39 bits per heavy atom. The van der Waals surface area contributed by atoms with Gasteiger partial charge in [-0.25, -0.2) is 0 Å². The zero-order chi connectivity index (χ0) is 12.8. The third-order valence-electron chi connectivity index (χ3n) is 5.18. The molecule has 1 N–H and O–H groups in total. The van der Waals surface area contributed by atoms with Gasteiger partial charge in [0.15, 0.2) is 0 Å². The predicted octanol–water partition coefficient (Wildman–Crippen LogP) is 3.42. The number of piperidine rings is 1. The van der Waals surface area contributed by atoms with Gasteiger partial charge in [0.1, 0.15) is 0 Å². The molecule has 2 nitrogen and oxygen atoms in total. The maximum Gasteiger partial charge on any atom is 0.0127 e. The fraction of sp³-hybridized carbons (Fsp3) is 1.00. The van der Waals surface area contributed by atoms with Crippen LogP contribution in [0.5, 0.6) is 0 Å². The summed E-state index contributed by atoms with van der Waals surface area (Å²) in [6.45, 7) is 8.61. The second kappa shape index (κ2) is 7.49. The molecule has 0 radical (unpaired) electrons.